The number of benzene rings is 2. The summed E-state index contributed by atoms with van der Waals surface area (Å²) in [5, 5.41) is 0. The number of rotatable bonds is 6. The molecule has 0 spiro atoms. The van der Waals surface area contributed by atoms with Crippen molar-refractivity contribution in [2.75, 3.05) is 13.9 Å². The number of hydrogen-bond acceptors (Lipinski definition) is 6. The molecule has 8 heteroatoms. The van der Waals surface area contributed by atoms with Crippen molar-refractivity contribution in [1.82, 2.24) is 4.57 Å². The van der Waals surface area contributed by atoms with Crippen molar-refractivity contribution in [3.63, 3.8) is 0 Å². The van der Waals surface area contributed by atoms with Gasteiger partial charge in [-0.3, -0.25) is 9.59 Å². The minimum atomic E-state index is -0.412. The molecule has 2 heterocycles. The van der Waals surface area contributed by atoms with E-state index < -0.39 is 11.9 Å². The van der Waals surface area contributed by atoms with Gasteiger partial charge < -0.3 is 18.8 Å². The molecule has 3 aromatic rings. The zero-order valence-corrected chi connectivity index (χ0v) is 17.7. The standard InChI is InChI=1S/C22H22N2O5S/c1-3-4-5-14-6-8-16-19(10-14)30-22(24(16)12-20(25)27-2)23-21(26)15-7-9-17-18(11-15)29-13-28-17/h6-11H,3-5,12-13H2,1-2H3. The van der Waals surface area contributed by atoms with Crippen molar-refractivity contribution in [3.05, 3.63) is 52.3 Å². The molecular formula is C22H22N2O5S. The second-order valence-electron chi connectivity index (χ2n) is 6.94. The van der Waals surface area contributed by atoms with Gasteiger partial charge in [-0.1, -0.05) is 30.7 Å². The summed E-state index contributed by atoms with van der Waals surface area (Å²) in [7, 11) is 1.34. The van der Waals surface area contributed by atoms with Crippen molar-refractivity contribution in [1.29, 1.82) is 0 Å². The first-order chi connectivity index (χ1) is 14.6. The summed E-state index contributed by atoms with van der Waals surface area (Å²) >= 11 is 1.38. The van der Waals surface area contributed by atoms with E-state index in [0.717, 1.165) is 29.5 Å². The summed E-state index contributed by atoms with van der Waals surface area (Å²) in [6, 6.07) is 11.1. The highest BCUT2D eigenvalue weighted by molar-refractivity contribution is 7.16. The molecule has 0 radical (unpaired) electrons. The number of thiazole rings is 1. The average molecular weight is 426 g/mol. The minimum absolute atomic E-state index is 0.0158. The van der Waals surface area contributed by atoms with Crippen molar-refractivity contribution in [2.45, 2.75) is 32.7 Å². The number of carbonyl (C=O) groups is 2. The normalized spacial score (nSPS) is 13.1. The lowest BCUT2D eigenvalue weighted by molar-refractivity contribution is -0.141. The van der Waals surface area contributed by atoms with E-state index in [2.05, 4.69) is 24.0 Å². The van der Waals surface area contributed by atoms with Crippen LogP contribution >= 0.6 is 11.3 Å². The van der Waals surface area contributed by atoms with Crippen LogP contribution in [-0.4, -0.2) is 30.3 Å². The first-order valence-corrected chi connectivity index (χ1v) is 10.6. The molecule has 0 saturated carbocycles. The zero-order chi connectivity index (χ0) is 21.1. The lowest BCUT2D eigenvalue weighted by atomic mass is 10.1. The molecule has 0 N–H and O–H groups in total. The Hall–Kier alpha value is -3.13. The molecule has 0 fully saturated rings. The molecule has 7 nitrogen and oxygen atoms in total. The Kier molecular flexibility index (Phi) is 5.85. The van der Waals surface area contributed by atoms with Gasteiger partial charge in [0.25, 0.3) is 5.91 Å². The van der Waals surface area contributed by atoms with Gasteiger partial charge in [0, 0.05) is 5.56 Å². The number of aryl methyl sites for hydroxylation is 1. The average Bonchev–Trinajstić information content (AvgIpc) is 3.35. The summed E-state index contributed by atoms with van der Waals surface area (Å²) in [6.07, 6.45) is 3.22. The van der Waals surface area contributed by atoms with Gasteiger partial charge in [-0.25, -0.2) is 0 Å². The first kappa shape index (κ1) is 20.2. The SMILES string of the molecule is CCCCc1ccc2c(c1)sc(=NC(=O)c1ccc3c(c1)OCO3)n2CC(=O)OC. The highest BCUT2D eigenvalue weighted by Crippen LogP contribution is 2.32. The molecule has 1 aliphatic heterocycles. The predicted molar refractivity (Wildman–Crippen MR) is 113 cm³/mol. The topological polar surface area (TPSA) is 79.1 Å². The lowest BCUT2D eigenvalue weighted by Crippen LogP contribution is -2.22. The molecular weight excluding hydrogens is 404 g/mol. The molecule has 156 valence electrons. The van der Waals surface area contributed by atoms with E-state index in [9.17, 15) is 9.59 Å². The molecule has 2 aromatic carbocycles. The first-order valence-electron chi connectivity index (χ1n) is 9.77. The zero-order valence-electron chi connectivity index (χ0n) is 16.8. The Labute approximate surface area is 177 Å². The van der Waals surface area contributed by atoms with Crippen molar-refractivity contribution >= 4 is 33.4 Å². The van der Waals surface area contributed by atoms with Crippen LogP contribution in [0.1, 0.15) is 35.7 Å². The third kappa shape index (κ3) is 4.09. The largest absolute Gasteiger partial charge is 0.468 e. The van der Waals surface area contributed by atoms with Crippen LogP contribution in [0.4, 0.5) is 0 Å². The maximum absolute atomic E-state index is 12.8. The summed E-state index contributed by atoms with van der Waals surface area (Å²) in [5.41, 5.74) is 2.47. The molecule has 4 rings (SSSR count). The molecule has 0 bridgehead atoms. The number of esters is 1. The molecule has 0 aliphatic carbocycles. The van der Waals surface area contributed by atoms with Gasteiger partial charge in [0.1, 0.15) is 6.54 Å². The predicted octanol–water partition coefficient (Wildman–Crippen LogP) is 3.69. The summed E-state index contributed by atoms with van der Waals surface area (Å²) in [6.45, 7) is 2.28. The van der Waals surface area contributed by atoms with Crippen LogP contribution in [-0.2, 0) is 22.5 Å². The Bertz CT molecular complexity index is 1180. The Balaban J connectivity index is 1.76. The number of carbonyl (C=O) groups excluding carboxylic acids is 2. The summed E-state index contributed by atoms with van der Waals surface area (Å²) in [4.78, 5) is 29.6. The second kappa shape index (κ2) is 8.71. The molecule has 1 amide bonds. The summed E-state index contributed by atoms with van der Waals surface area (Å²) < 4.78 is 18.2. The van der Waals surface area contributed by atoms with Gasteiger partial charge in [0.15, 0.2) is 16.3 Å². The van der Waals surface area contributed by atoms with Crippen LogP contribution in [0.2, 0.25) is 0 Å². The van der Waals surface area contributed by atoms with Crippen LogP contribution in [0.25, 0.3) is 10.2 Å². The Morgan fingerprint density at radius 1 is 1.17 bits per heavy atom. The highest BCUT2D eigenvalue weighted by Gasteiger charge is 2.17. The molecule has 0 atom stereocenters. The van der Waals surface area contributed by atoms with Crippen molar-refractivity contribution in [3.8, 4) is 11.5 Å². The maximum Gasteiger partial charge on any atom is 0.325 e. The van der Waals surface area contributed by atoms with Gasteiger partial charge in [-0.05, 0) is 48.7 Å². The number of aromatic nitrogens is 1. The number of fused-ring (bicyclic) bond motifs is 2. The van der Waals surface area contributed by atoms with Gasteiger partial charge in [-0.2, -0.15) is 4.99 Å². The van der Waals surface area contributed by atoms with Gasteiger partial charge in [-0.15, -0.1) is 0 Å². The van der Waals surface area contributed by atoms with Crippen LogP contribution in [0.5, 0.6) is 11.5 Å². The Morgan fingerprint density at radius 3 is 2.80 bits per heavy atom. The number of nitrogens with zero attached hydrogens (tertiary/aromatic N) is 2. The number of hydrogen-bond donors (Lipinski definition) is 0. The van der Waals surface area contributed by atoms with Crippen LogP contribution < -0.4 is 14.3 Å². The molecule has 1 aromatic heterocycles. The van der Waals surface area contributed by atoms with E-state index in [1.165, 1.54) is 24.0 Å². The molecule has 0 saturated heterocycles. The lowest BCUT2D eigenvalue weighted by Gasteiger charge is -2.05. The van der Waals surface area contributed by atoms with Crippen LogP contribution in [0, 0.1) is 0 Å². The quantitative estimate of drug-likeness (QED) is 0.562. The number of amides is 1. The fourth-order valence-corrected chi connectivity index (χ4v) is 4.36. The minimum Gasteiger partial charge on any atom is -0.468 e. The fourth-order valence-electron chi connectivity index (χ4n) is 3.27. The fraction of sp³-hybridized carbons (Fsp3) is 0.318. The molecule has 1 aliphatic rings. The third-order valence-electron chi connectivity index (χ3n) is 4.90. The molecule has 0 unspecified atom stereocenters. The third-order valence-corrected chi connectivity index (χ3v) is 5.94. The second-order valence-corrected chi connectivity index (χ2v) is 7.95. The van der Waals surface area contributed by atoms with E-state index in [0.29, 0.717) is 21.9 Å². The Morgan fingerprint density at radius 2 is 2.00 bits per heavy atom. The van der Waals surface area contributed by atoms with E-state index >= 15 is 0 Å². The van der Waals surface area contributed by atoms with E-state index in [-0.39, 0.29) is 13.3 Å². The highest BCUT2D eigenvalue weighted by atomic mass is 32.1. The van der Waals surface area contributed by atoms with Crippen LogP contribution in [0.3, 0.4) is 0 Å². The van der Waals surface area contributed by atoms with Gasteiger partial charge in [0.05, 0.1) is 17.3 Å². The number of ether oxygens (including phenoxy) is 3. The van der Waals surface area contributed by atoms with Gasteiger partial charge in [0.2, 0.25) is 6.79 Å². The van der Waals surface area contributed by atoms with E-state index in [1.807, 2.05) is 6.07 Å². The van der Waals surface area contributed by atoms with Crippen molar-refractivity contribution < 1.29 is 23.8 Å². The smallest absolute Gasteiger partial charge is 0.325 e. The number of methoxy groups -OCH3 is 1. The van der Waals surface area contributed by atoms with Crippen molar-refractivity contribution in [2.24, 2.45) is 4.99 Å². The van der Waals surface area contributed by atoms with E-state index in [4.69, 9.17) is 14.2 Å². The van der Waals surface area contributed by atoms with Crippen LogP contribution in [0.15, 0.2) is 41.4 Å². The molecule has 30 heavy (non-hydrogen) atoms. The van der Waals surface area contributed by atoms with Gasteiger partial charge >= 0.3 is 5.97 Å². The maximum atomic E-state index is 12.8. The van der Waals surface area contributed by atoms with E-state index in [1.54, 1.807) is 22.8 Å². The number of unbranched alkanes of at least 4 members (excludes halogenated alkanes) is 1. The summed E-state index contributed by atoms with van der Waals surface area (Å²) in [5.74, 6) is 0.315. The monoisotopic (exact) mass is 426 g/mol.